The van der Waals surface area contributed by atoms with E-state index in [1.54, 1.807) is 6.92 Å². The van der Waals surface area contributed by atoms with Crippen molar-refractivity contribution in [2.75, 3.05) is 12.8 Å². The molecule has 0 aliphatic heterocycles. The maximum atomic E-state index is 11.3. The second-order valence-corrected chi connectivity index (χ2v) is 5.86. The van der Waals surface area contributed by atoms with Gasteiger partial charge in [-0.2, -0.15) is 0 Å². The van der Waals surface area contributed by atoms with Crippen molar-refractivity contribution in [1.29, 1.82) is 0 Å². The van der Waals surface area contributed by atoms with Crippen LogP contribution in [0.3, 0.4) is 0 Å². The minimum Gasteiger partial charge on any atom is -0.458 e. The summed E-state index contributed by atoms with van der Waals surface area (Å²) in [5.74, 6) is -0.391. The summed E-state index contributed by atoms with van der Waals surface area (Å²) in [6.07, 6.45) is 5.16. The van der Waals surface area contributed by atoms with Crippen molar-refractivity contribution in [3.63, 3.8) is 0 Å². The number of allylic oxidation sites excluding steroid dienone is 1. The Morgan fingerprint density at radius 2 is 2.19 bits per heavy atom. The van der Waals surface area contributed by atoms with E-state index in [-0.39, 0.29) is 6.54 Å². The van der Waals surface area contributed by atoms with Crippen LogP contribution >= 0.6 is 0 Å². The van der Waals surface area contributed by atoms with E-state index in [2.05, 4.69) is 4.72 Å². The first-order chi connectivity index (χ1) is 7.37. The van der Waals surface area contributed by atoms with E-state index in [4.69, 9.17) is 4.74 Å². The quantitative estimate of drug-likeness (QED) is 0.569. The van der Waals surface area contributed by atoms with Gasteiger partial charge in [0.25, 0.3) is 0 Å². The van der Waals surface area contributed by atoms with E-state index in [9.17, 15) is 13.2 Å². The molecule has 0 aromatic carbocycles. The van der Waals surface area contributed by atoms with E-state index < -0.39 is 22.1 Å². The van der Waals surface area contributed by atoms with Crippen LogP contribution in [0.15, 0.2) is 11.6 Å². The van der Waals surface area contributed by atoms with Crippen molar-refractivity contribution in [2.45, 2.75) is 32.3 Å². The number of esters is 1. The summed E-state index contributed by atoms with van der Waals surface area (Å²) in [5, 5.41) is 0. The van der Waals surface area contributed by atoms with E-state index in [0.717, 1.165) is 31.1 Å². The van der Waals surface area contributed by atoms with Crippen molar-refractivity contribution in [2.24, 2.45) is 0 Å². The number of hydrogen-bond donors (Lipinski definition) is 1. The maximum absolute atomic E-state index is 11.3. The van der Waals surface area contributed by atoms with Gasteiger partial charge in [0.05, 0.1) is 6.26 Å². The third-order valence-electron chi connectivity index (χ3n) is 2.27. The van der Waals surface area contributed by atoms with Crippen LogP contribution in [0.2, 0.25) is 0 Å². The van der Waals surface area contributed by atoms with Gasteiger partial charge in [0, 0.05) is 12.6 Å². The third-order valence-corrected chi connectivity index (χ3v) is 2.96. The molecule has 1 aliphatic carbocycles. The molecule has 16 heavy (non-hydrogen) atoms. The Morgan fingerprint density at radius 1 is 1.56 bits per heavy atom. The molecule has 1 atom stereocenters. The molecular formula is C10H17NO4S. The van der Waals surface area contributed by atoms with E-state index in [0.29, 0.717) is 0 Å². The summed E-state index contributed by atoms with van der Waals surface area (Å²) in [4.78, 5) is 11.3. The SMILES string of the molecule is CC(CNS(C)(=O)=O)OC(=O)C=C1CCC1. The number of carbonyl (C=O) groups is 1. The van der Waals surface area contributed by atoms with Gasteiger partial charge in [0.15, 0.2) is 0 Å². The molecule has 0 bridgehead atoms. The lowest BCUT2D eigenvalue weighted by Crippen LogP contribution is -2.32. The summed E-state index contributed by atoms with van der Waals surface area (Å²) in [7, 11) is -3.23. The van der Waals surface area contributed by atoms with Crippen molar-refractivity contribution in [1.82, 2.24) is 4.72 Å². The summed E-state index contributed by atoms with van der Waals surface area (Å²) in [5.41, 5.74) is 1.10. The van der Waals surface area contributed by atoms with Crippen LogP contribution in [0, 0.1) is 0 Å². The van der Waals surface area contributed by atoms with Crippen molar-refractivity contribution >= 4 is 16.0 Å². The van der Waals surface area contributed by atoms with Crippen LogP contribution in [0.1, 0.15) is 26.2 Å². The lowest BCUT2D eigenvalue weighted by Gasteiger charge is -2.16. The van der Waals surface area contributed by atoms with Gasteiger partial charge in [-0.1, -0.05) is 5.57 Å². The number of carbonyl (C=O) groups excluding carboxylic acids is 1. The van der Waals surface area contributed by atoms with Gasteiger partial charge in [0.2, 0.25) is 10.0 Å². The van der Waals surface area contributed by atoms with Gasteiger partial charge < -0.3 is 4.74 Å². The molecule has 0 heterocycles. The smallest absolute Gasteiger partial charge is 0.331 e. The van der Waals surface area contributed by atoms with Gasteiger partial charge in [-0.25, -0.2) is 17.9 Å². The fraction of sp³-hybridized carbons (Fsp3) is 0.700. The lowest BCUT2D eigenvalue weighted by atomic mass is 9.92. The Balaban J connectivity index is 2.28. The largest absolute Gasteiger partial charge is 0.458 e. The lowest BCUT2D eigenvalue weighted by molar-refractivity contribution is -0.141. The highest BCUT2D eigenvalue weighted by molar-refractivity contribution is 7.88. The van der Waals surface area contributed by atoms with Crippen molar-refractivity contribution in [3.8, 4) is 0 Å². The molecule has 1 aliphatic rings. The number of rotatable bonds is 5. The zero-order valence-corrected chi connectivity index (χ0v) is 10.3. The second-order valence-electron chi connectivity index (χ2n) is 4.02. The normalized spacial score (nSPS) is 17.5. The van der Waals surface area contributed by atoms with Crippen molar-refractivity contribution in [3.05, 3.63) is 11.6 Å². The second kappa shape index (κ2) is 5.45. The molecule has 1 rings (SSSR count). The molecule has 0 aromatic heterocycles. The highest BCUT2D eigenvalue weighted by Crippen LogP contribution is 2.24. The van der Waals surface area contributed by atoms with E-state index in [1.165, 1.54) is 6.08 Å². The molecule has 0 radical (unpaired) electrons. The number of nitrogens with one attached hydrogen (secondary N) is 1. The van der Waals surface area contributed by atoms with Gasteiger partial charge in [0.1, 0.15) is 6.10 Å². The molecule has 1 fully saturated rings. The van der Waals surface area contributed by atoms with E-state index in [1.807, 2.05) is 0 Å². The molecule has 5 nitrogen and oxygen atoms in total. The first-order valence-corrected chi connectivity index (χ1v) is 7.10. The summed E-state index contributed by atoms with van der Waals surface area (Å²) < 4.78 is 28.9. The first kappa shape index (κ1) is 13.2. The van der Waals surface area contributed by atoms with Crippen LogP contribution in [0.25, 0.3) is 0 Å². The molecule has 6 heteroatoms. The Labute approximate surface area is 95.9 Å². The van der Waals surface area contributed by atoms with Crippen LogP contribution in [-0.2, 0) is 19.6 Å². The molecule has 92 valence electrons. The summed E-state index contributed by atoms with van der Waals surface area (Å²) in [6.45, 7) is 1.75. The minimum atomic E-state index is -3.23. The molecule has 0 spiro atoms. The van der Waals surface area contributed by atoms with Gasteiger partial charge in [-0.3, -0.25) is 0 Å². The zero-order chi connectivity index (χ0) is 12.2. The molecule has 1 unspecified atom stereocenters. The summed E-state index contributed by atoms with van der Waals surface area (Å²) in [6, 6.07) is 0. The molecule has 0 aromatic rings. The Kier molecular flexibility index (Phi) is 4.49. The molecular weight excluding hydrogens is 230 g/mol. The van der Waals surface area contributed by atoms with Crippen LogP contribution in [0.5, 0.6) is 0 Å². The fourth-order valence-corrected chi connectivity index (χ4v) is 1.77. The average Bonchev–Trinajstić information content (AvgIpc) is 2.07. The first-order valence-electron chi connectivity index (χ1n) is 5.21. The Bertz CT molecular complexity index is 380. The van der Waals surface area contributed by atoms with Gasteiger partial charge in [-0.05, 0) is 26.2 Å². The highest BCUT2D eigenvalue weighted by atomic mass is 32.2. The Hall–Kier alpha value is -0.880. The van der Waals surface area contributed by atoms with Crippen LogP contribution in [0.4, 0.5) is 0 Å². The highest BCUT2D eigenvalue weighted by Gasteiger charge is 2.13. The Morgan fingerprint density at radius 3 is 2.62 bits per heavy atom. The van der Waals surface area contributed by atoms with Gasteiger partial charge in [-0.15, -0.1) is 0 Å². The van der Waals surface area contributed by atoms with Gasteiger partial charge >= 0.3 is 5.97 Å². The minimum absolute atomic E-state index is 0.105. The maximum Gasteiger partial charge on any atom is 0.331 e. The third kappa shape index (κ3) is 5.27. The molecule has 0 amide bonds. The monoisotopic (exact) mass is 247 g/mol. The predicted molar refractivity (Wildman–Crippen MR) is 60.3 cm³/mol. The number of hydrogen-bond acceptors (Lipinski definition) is 4. The number of ether oxygens (including phenoxy) is 1. The van der Waals surface area contributed by atoms with Crippen molar-refractivity contribution < 1.29 is 17.9 Å². The zero-order valence-electron chi connectivity index (χ0n) is 9.52. The number of sulfonamides is 1. The predicted octanol–water partition coefficient (Wildman–Crippen LogP) is 0.578. The van der Waals surface area contributed by atoms with Crippen LogP contribution in [-0.4, -0.2) is 33.3 Å². The molecule has 0 saturated heterocycles. The van der Waals surface area contributed by atoms with E-state index >= 15 is 0 Å². The molecule has 1 N–H and O–H groups in total. The van der Waals surface area contributed by atoms with Crippen LogP contribution < -0.4 is 4.72 Å². The average molecular weight is 247 g/mol. The standard InChI is InChI=1S/C10H17NO4S/c1-8(7-11-16(2,13)14)15-10(12)6-9-4-3-5-9/h6,8,11H,3-5,7H2,1-2H3. The topological polar surface area (TPSA) is 72.5 Å². The molecule has 1 saturated carbocycles. The fourth-order valence-electron chi connectivity index (χ4n) is 1.23. The summed E-state index contributed by atoms with van der Waals surface area (Å²) >= 11 is 0.